The molecular weight excluding hydrogens is 476 g/mol. The van der Waals surface area contributed by atoms with E-state index in [1.807, 2.05) is 28.8 Å². The largest absolute Gasteiger partial charge is 0.497 e. The summed E-state index contributed by atoms with van der Waals surface area (Å²) in [6.45, 7) is 1.54. The number of hydrogen-bond acceptors (Lipinski definition) is 8. The number of carbonyl (C=O) groups excluding carboxylic acids is 1. The highest BCUT2D eigenvalue weighted by molar-refractivity contribution is 7.98. The number of hydrogen-bond donors (Lipinski definition) is 3. The van der Waals surface area contributed by atoms with Crippen molar-refractivity contribution in [2.75, 3.05) is 20.3 Å². The molecule has 1 fully saturated rings. The van der Waals surface area contributed by atoms with Gasteiger partial charge in [-0.15, -0.1) is 0 Å². The van der Waals surface area contributed by atoms with Crippen molar-refractivity contribution in [3.8, 4) is 5.75 Å². The number of aliphatic carboxylic acids is 2. The average Bonchev–Trinajstić information content (AvgIpc) is 3.50. The van der Waals surface area contributed by atoms with Crippen molar-refractivity contribution < 1.29 is 34.1 Å². The first-order valence-electron chi connectivity index (χ1n) is 10.8. The lowest BCUT2D eigenvalue weighted by molar-refractivity contribution is -0.159. The van der Waals surface area contributed by atoms with E-state index in [4.69, 9.17) is 34.3 Å². The van der Waals surface area contributed by atoms with E-state index in [0.29, 0.717) is 6.54 Å². The first-order valence-corrected chi connectivity index (χ1v) is 11.8. The molecule has 3 heterocycles. The highest BCUT2D eigenvalue weighted by Gasteiger charge is 2.18. The van der Waals surface area contributed by atoms with Gasteiger partial charge in [-0.05, 0) is 36.6 Å². The Morgan fingerprint density at radius 2 is 2.06 bits per heavy atom. The predicted molar refractivity (Wildman–Crippen MR) is 127 cm³/mol. The molecular formula is C23H26N4O7S. The number of imidazole rings is 1. The van der Waals surface area contributed by atoms with Crippen molar-refractivity contribution in [3.63, 3.8) is 0 Å². The molecule has 0 aliphatic carbocycles. The Morgan fingerprint density at radius 3 is 2.74 bits per heavy atom. The molecule has 11 nitrogen and oxygen atoms in total. The number of amides is 1. The minimum atomic E-state index is -1.82. The number of benzene rings is 1. The molecule has 0 radical (unpaired) electrons. The fourth-order valence-corrected chi connectivity index (χ4v) is 4.31. The topological polar surface area (TPSA) is 153 Å². The molecule has 0 spiro atoms. The molecule has 1 saturated heterocycles. The Bertz CT molecular complexity index is 1170. The van der Waals surface area contributed by atoms with Crippen LogP contribution in [0.5, 0.6) is 5.75 Å². The summed E-state index contributed by atoms with van der Waals surface area (Å²) in [4.78, 5) is 39.7. The van der Waals surface area contributed by atoms with Crippen molar-refractivity contribution >= 4 is 40.6 Å². The van der Waals surface area contributed by atoms with Crippen LogP contribution in [0.3, 0.4) is 0 Å². The number of pyridine rings is 1. The van der Waals surface area contributed by atoms with Crippen molar-refractivity contribution in [2.24, 2.45) is 0 Å². The number of thioether (sulfide) groups is 1. The fraction of sp³-hybridized carbons (Fsp3) is 0.348. The van der Waals surface area contributed by atoms with Crippen LogP contribution in [0.2, 0.25) is 0 Å². The molecule has 3 aromatic rings. The van der Waals surface area contributed by atoms with E-state index in [9.17, 15) is 4.79 Å². The normalized spacial score (nSPS) is 14.7. The zero-order valence-electron chi connectivity index (χ0n) is 19.0. The van der Waals surface area contributed by atoms with Crippen LogP contribution in [0.25, 0.3) is 11.0 Å². The summed E-state index contributed by atoms with van der Waals surface area (Å²) in [6.07, 6.45) is 5.66. The molecule has 1 aliphatic heterocycles. The molecule has 1 unspecified atom stereocenters. The van der Waals surface area contributed by atoms with E-state index < -0.39 is 11.9 Å². The Kier molecular flexibility index (Phi) is 9.44. The number of carboxylic acid groups (broad SMARTS) is 2. The van der Waals surface area contributed by atoms with Crippen LogP contribution in [0, 0.1) is 0 Å². The molecule has 4 rings (SSSR count). The number of carboxylic acids is 2. The predicted octanol–water partition coefficient (Wildman–Crippen LogP) is 2.18. The van der Waals surface area contributed by atoms with E-state index in [2.05, 4.69) is 16.4 Å². The Hall–Kier alpha value is -3.64. The Morgan fingerprint density at radius 1 is 1.26 bits per heavy atom. The molecule has 1 aromatic carbocycles. The maximum atomic E-state index is 12.6. The summed E-state index contributed by atoms with van der Waals surface area (Å²) < 4.78 is 12.8. The van der Waals surface area contributed by atoms with Gasteiger partial charge in [0, 0.05) is 25.1 Å². The smallest absolute Gasteiger partial charge is 0.414 e. The van der Waals surface area contributed by atoms with Gasteiger partial charge in [0.25, 0.3) is 0 Å². The number of fused-ring (bicyclic) bond motifs is 1. The monoisotopic (exact) mass is 502 g/mol. The maximum Gasteiger partial charge on any atom is 0.414 e. The molecule has 2 aromatic heterocycles. The molecule has 0 saturated carbocycles. The van der Waals surface area contributed by atoms with Crippen molar-refractivity contribution in [1.29, 1.82) is 0 Å². The number of methoxy groups -OCH3 is 1. The molecule has 3 N–H and O–H groups in total. The average molecular weight is 503 g/mol. The van der Waals surface area contributed by atoms with Crippen molar-refractivity contribution in [1.82, 2.24) is 19.9 Å². The van der Waals surface area contributed by atoms with Gasteiger partial charge in [0.15, 0.2) is 5.16 Å². The van der Waals surface area contributed by atoms with Crippen LogP contribution >= 0.6 is 11.8 Å². The number of rotatable bonds is 8. The van der Waals surface area contributed by atoms with Gasteiger partial charge in [0.2, 0.25) is 5.91 Å². The minimum absolute atomic E-state index is 0.0492. The number of aromatic nitrogens is 3. The van der Waals surface area contributed by atoms with Gasteiger partial charge in [-0.3, -0.25) is 9.78 Å². The van der Waals surface area contributed by atoms with E-state index in [-0.39, 0.29) is 18.6 Å². The van der Waals surface area contributed by atoms with Gasteiger partial charge in [0.05, 0.1) is 30.4 Å². The highest BCUT2D eigenvalue weighted by Crippen LogP contribution is 2.27. The van der Waals surface area contributed by atoms with Gasteiger partial charge in [-0.2, -0.15) is 0 Å². The number of nitrogens with one attached hydrogen (secondary N) is 1. The summed E-state index contributed by atoms with van der Waals surface area (Å²) in [6, 6.07) is 9.83. The van der Waals surface area contributed by atoms with Gasteiger partial charge < -0.3 is 29.6 Å². The summed E-state index contributed by atoms with van der Waals surface area (Å²) in [7, 11) is 1.66. The molecule has 186 valence electrons. The number of nitrogens with zero attached hydrogens (tertiary/aromatic N) is 3. The minimum Gasteiger partial charge on any atom is -0.497 e. The van der Waals surface area contributed by atoms with Gasteiger partial charge in [-0.1, -0.05) is 23.9 Å². The third-order valence-electron chi connectivity index (χ3n) is 5.05. The summed E-state index contributed by atoms with van der Waals surface area (Å²) >= 11 is 1.59. The second kappa shape index (κ2) is 12.7. The van der Waals surface area contributed by atoms with Crippen LogP contribution in [0.15, 0.2) is 47.9 Å². The number of ether oxygens (including phenoxy) is 2. The lowest BCUT2D eigenvalue weighted by Gasteiger charge is -2.12. The van der Waals surface area contributed by atoms with Crippen LogP contribution < -0.4 is 10.1 Å². The standard InChI is InChI=1S/C21H24N4O3S.C2H2O4/c1-27-16-5-2-4-15(10-16)14-29-21-24-18-7-8-22-12-19(18)25(21)13-20(26)23-11-17-6-3-9-28-17;3-1(4)2(5)6/h2,4-5,7-8,10,12,17H,3,6,9,11,13-14H2,1H3,(H,23,26);(H,3,4)(H,5,6). The zero-order valence-corrected chi connectivity index (χ0v) is 19.9. The van der Waals surface area contributed by atoms with Gasteiger partial charge in [-0.25, -0.2) is 14.6 Å². The molecule has 1 aliphatic rings. The van der Waals surface area contributed by atoms with Crippen molar-refractivity contribution in [3.05, 3.63) is 48.3 Å². The molecule has 12 heteroatoms. The maximum absolute atomic E-state index is 12.6. The second-order valence-corrected chi connectivity index (χ2v) is 8.48. The fourth-order valence-electron chi connectivity index (χ4n) is 3.35. The zero-order chi connectivity index (χ0) is 25.2. The molecule has 0 bridgehead atoms. The van der Waals surface area contributed by atoms with Crippen LogP contribution in [-0.2, 0) is 31.4 Å². The van der Waals surface area contributed by atoms with E-state index in [0.717, 1.165) is 52.7 Å². The lowest BCUT2D eigenvalue weighted by atomic mass is 10.2. The van der Waals surface area contributed by atoms with E-state index in [1.54, 1.807) is 31.3 Å². The Labute approximate surface area is 205 Å². The number of carbonyl (C=O) groups is 3. The third kappa shape index (κ3) is 7.69. The first kappa shape index (κ1) is 26.0. The Balaban J connectivity index is 0.000000509. The third-order valence-corrected chi connectivity index (χ3v) is 6.10. The summed E-state index contributed by atoms with van der Waals surface area (Å²) in [5.74, 6) is -2.14. The van der Waals surface area contributed by atoms with Crippen molar-refractivity contribution in [2.45, 2.75) is 36.4 Å². The van der Waals surface area contributed by atoms with Crippen LogP contribution in [0.1, 0.15) is 18.4 Å². The van der Waals surface area contributed by atoms with Gasteiger partial charge in [0.1, 0.15) is 12.3 Å². The second-order valence-electron chi connectivity index (χ2n) is 7.53. The molecule has 1 atom stereocenters. The quantitative estimate of drug-likeness (QED) is 0.309. The van der Waals surface area contributed by atoms with E-state index in [1.165, 1.54) is 0 Å². The lowest BCUT2D eigenvalue weighted by Crippen LogP contribution is -2.34. The molecule has 35 heavy (non-hydrogen) atoms. The summed E-state index contributed by atoms with van der Waals surface area (Å²) in [5.41, 5.74) is 2.82. The van der Waals surface area contributed by atoms with E-state index >= 15 is 0 Å². The molecule has 1 amide bonds. The highest BCUT2D eigenvalue weighted by atomic mass is 32.2. The first-order chi connectivity index (χ1) is 16.9. The van der Waals surface area contributed by atoms with Crippen LogP contribution in [0.4, 0.5) is 0 Å². The van der Waals surface area contributed by atoms with Crippen LogP contribution in [-0.4, -0.2) is 69.0 Å². The summed E-state index contributed by atoms with van der Waals surface area (Å²) in [5, 5.41) is 18.6. The SMILES string of the molecule is COc1cccc(CSc2nc3ccncc3n2CC(=O)NCC2CCCO2)c1.O=C(O)C(=O)O. The van der Waals surface area contributed by atoms with Gasteiger partial charge >= 0.3 is 11.9 Å².